The lowest BCUT2D eigenvalue weighted by molar-refractivity contribution is 0.193. The first-order valence-electron chi connectivity index (χ1n) is 7.71. The van der Waals surface area contributed by atoms with Crippen molar-refractivity contribution < 1.29 is 0 Å². The SMILES string of the molecule is CC(C)CC1(Cn2c(=S)[nH]c3ccsc3c2=O)CCCC1. The largest absolute Gasteiger partial charge is 0.331 e. The van der Waals surface area contributed by atoms with Crippen LogP contribution in [0.1, 0.15) is 46.0 Å². The lowest BCUT2D eigenvalue weighted by atomic mass is 9.78. The molecule has 3 rings (SSSR count). The fourth-order valence-electron chi connectivity index (χ4n) is 3.87. The number of rotatable bonds is 4. The number of fused-ring (bicyclic) bond motifs is 1. The quantitative estimate of drug-likeness (QED) is 0.827. The van der Waals surface area contributed by atoms with Crippen LogP contribution in [0.15, 0.2) is 16.2 Å². The summed E-state index contributed by atoms with van der Waals surface area (Å²) in [6.07, 6.45) is 6.17. The van der Waals surface area contributed by atoms with Crippen LogP contribution in [0.25, 0.3) is 10.2 Å². The predicted molar refractivity (Wildman–Crippen MR) is 91.6 cm³/mol. The van der Waals surface area contributed by atoms with Crippen molar-refractivity contribution >= 4 is 33.8 Å². The Kier molecular flexibility index (Phi) is 4.06. The van der Waals surface area contributed by atoms with Crippen LogP contribution >= 0.6 is 23.6 Å². The Hall–Kier alpha value is -0.940. The van der Waals surface area contributed by atoms with Crippen molar-refractivity contribution in [1.29, 1.82) is 0 Å². The van der Waals surface area contributed by atoms with Gasteiger partial charge in [0.2, 0.25) is 0 Å². The molecule has 0 radical (unpaired) electrons. The Labute approximate surface area is 134 Å². The monoisotopic (exact) mass is 322 g/mol. The van der Waals surface area contributed by atoms with Gasteiger partial charge in [-0.3, -0.25) is 9.36 Å². The number of aromatic amines is 1. The Morgan fingerprint density at radius 3 is 2.81 bits per heavy atom. The molecule has 0 amide bonds. The third-order valence-electron chi connectivity index (χ3n) is 4.59. The molecule has 2 aromatic heterocycles. The minimum atomic E-state index is 0.0822. The summed E-state index contributed by atoms with van der Waals surface area (Å²) < 4.78 is 3.17. The third-order valence-corrected chi connectivity index (χ3v) is 5.82. The van der Waals surface area contributed by atoms with Crippen LogP contribution < -0.4 is 5.56 Å². The highest BCUT2D eigenvalue weighted by atomic mass is 32.1. The second kappa shape index (κ2) is 5.69. The van der Waals surface area contributed by atoms with E-state index in [4.69, 9.17) is 12.2 Å². The number of thiophene rings is 1. The Bertz CT molecular complexity index is 747. The zero-order valence-corrected chi connectivity index (χ0v) is 14.3. The van der Waals surface area contributed by atoms with Gasteiger partial charge < -0.3 is 4.98 Å². The van der Waals surface area contributed by atoms with Crippen molar-refractivity contribution in [2.24, 2.45) is 11.3 Å². The van der Waals surface area contributed by atoms with E-state index in [9.17, 15) is 4.79 Å². The summed E-state index contributed by atoms with van der Waals surface area (Å²) in [7, 11) is 0. The van der Waals surface area contributed by atoms with E-state index in [0.29, 0.717) is 10.7 Å². The molecule has 0 spiro atoms. The van der Waals surface area contributed by atoms with Gasteiger partial charge in [-0.2, -0.15) is 0 Å². The van der Waals surface area contributed by atoms with Gasteiger partial charge in [0.1, 0.15) is 4.70 Å². The van der Waals surface area contributed by atoms with Gasteiger partial charge in [0.25, 0.3) is 5.56 Å². The highest BCUT2D eigenvalue weighted by Gasteiger charge is 2.35. The second-order valence-corrected chi connectivity index (χ2v) is 8.09. The van der Waals surface area contributed by atoms with Gasteiger partial charge in [-0.05, 0) is 54.3 Å². The van der Waals surface area contributed by atoms with E-state index in [1.807, 2.05) is 16.0 Å². The lowest BCUT2D eigenvalue weighted by Crippen LogP contribution is -2.32. The van der Waals surface area contributed by atoms with Crippen molar-refractivity contribution in [1.82, 2.24) is 9.55 Å². The van der Waals surface area contributed by atoms with E-state index in [-0.39, 0.29) is 11.0 Å². The molecule has 114 valence electrons. The molecule has 1 aliphatic rings. The van der Waals surface area contributed by atoms with E-state index in [0.717, 1.165) is 16.8 Å². The Balaban J connectivity index is 2.04. The van der Waals surface area contributed by atoms with Crippen LogP contribution in [-0.4, -0.2) is 9.55 Å². The van der Waals surface area contributed by atoms with E-state index in [1.165, 1.54) is 43.4 Å². The fourth-order valence-corrected chi connectivity index (χ4v) is 4.92. The first kappa shape index (κ1) is 15.0. The first-order valence-corrected chi connectivity index (χ1v) is 9.00. The number of hydrogen-bond acceptors (Lipinski definition) is 3. The lowest BCUT2D eigenvalue weighted by Gasteiger charge is -2.31. The molecule has 1 N–H and O–H groups in total. The summed E-state index contributed by atoms with van der Waals surface area (Å²) in [5.41, 5.74) is 1.21. The highest BCUT2D eigenvalue weighted by Crippen LogP contribution is 2.44. The van der Waals surface area contributed by atoms with Crippen LogP contribution in [-0.2, 0) is 6.54 Å². The van der Waals surface area contributed by atoms with Gasteiger partial charge in [-0.15, -0.1) is 11.3 Å². The molecular formula is C16H22N2OS2. The maximum Gasteiger partial charge on any atom is 0.272 e. The molecule has 0 aliphatic heterocycles. The topological polar surface area (TPSA) is 37.8 Å². The molecular weight excluding hydrogens is 300 g/mol. The van der Waals surface area contributed by atoms with Gasteiger partial charge in [0, 0.05) is 6.54 Å². The van der Waals surface area contributed by atoms with Crippen molar-refractivity contribution in [2.45, 2.75) is 52.5 Å². The van der Waals surface area contributed by atoms with Gasteiger partial charge in [-0.1, -0.05) is 26.7 Å². The van der Waals surface area contributed by atoms with E-state index in [1.54, 1.807) is 0 Å². The maximum absolute atomic E-state index is 12.7. The molecule has 21 heavy (non-hydrogen) atoms. The van der Waals surface area contributed by atoms with E-state index in [2.05, 4.69) is 18.8 Å². The molecule has 0 saturated heterocycles. The van der Waals surface area contributed by atoms with E-state index >= 15 is 0 Å². The van der Waals surface area contributed by atoms with Gasteiger partial charge in [-0.25, -0.2) is 0 Å². The Morgan fingerprint density at radius 2 is 2.14 bits per heavy atom. The average Bonchev–Trinajstić information content (AvgIpc) is 3.03. The van der Waals surface area contributed by atoms with Crippen LogP contribution in [0.4, 0.5) is 0 Å². The summed E-state index contributed by atoms with van der Waals surface area (Å²) >= 11 is 6.94. The van der Waals surface area contributed by atoms with Gasteiger partial charge in [0.05, 0.1) is 5.52 Å². The van der Waals surface area contributed by atoms with Gasteiger partial charge in [0.15, 0.2) is 4.77 Å². The van der Waals surface area contributed by atoms with Crippen LogP contribution in [0.2, 0.25) is 0 Å². The normalized spacial score (nSPS) is 17.9. The van der Waals surface area contributed by atoms with Crippen LogP contribution in [0.5, 0.6) is 0 Å². The predicted octanol–water partition coefficient (Wildman–Crippen LogP) is 4.73. The van der Waals surface area contributed by atoms with Crippen LogP contribution in [0, 0.1) is 16.1 Å². The standard InChI is InChI=1S/C16H22N2OS2/c1-11(2)9-16(6-3-4-7-16)10-18-14(19)13-12(5-8-21-13)17-15(18)20/h5,8,11H,3-4,6-7,9-10H2,1-2H3,(H,17,20). The van der Waals surface area contributed by atoms with Crippen LogP contribution in [0.3, 0.4) is 0 Å². The van der Waals surface area contributed by atoms with Crippen molar-refractivity contribution in [3.05, 3.63) is 26.6 Å². The van der Waals surface area contributed by atoms with Crippen molar-refractivity contribution in [3.63, 3.8) is 0 Å². The molecule has 2 heterocycles. The summed E-state index contributed by atoms with van der Waals surface area (Å²) in [6, 6.07) is 1.93. The third kappa shape index (κ3) is 2.86. The van der Waals surface area contributed by atoms with Gasteiger partial charge >= 0.3 is 0 Å². The number of nitrogens with one attached hydrogen (secondary N) is 1. The fraction of sp³-hybridized carbons (Fsp3) is 0.625. The first-order chi connectivity index (χ1) is 10.0. The smallest absolute Gasteiger partial charge is 0.272 e. The zero-order valence-electron chi connectivity index (χ0n) is 12.6. The molecule has 0 bridgehead atoms. The number of hydrogen-bond donors (Lipinski definition) is 1. The minimum absolute atomic E-state index is 0.0822. The van der Waals surface area contributed by atoms with Crippen molar-refractivity contribution in [3.8, 4) is 0 Å². The molecule has 2 aromatic rings. The summed E-state index contributed by atoms with van der Waals surface area (Å²) in [6.45, 7) is 5.31. The number of aromatic nitrogens is 2. The Morgan fingerprint density at radius 1 is 1.43 bits per heavy atom. The highest BCUT2D eigenvalue weighted by molar-refractivity contribution is 7.71. The number of nitrogens with zero attached hydrogens (tertiary/aromatic N) is 1. The molecule has 3 nitrogen and oxygen atoms in total. The molecule has 0 atom stereocenters. The molecule has 0 aromatic carbocycles. The average molecular weight is 322 g/mol. The summed E-state index contributed by atoms with van der Waals surface area (Å²) in [5, 5.41) is 1.95. The zero-order chi connectivity index (χ0) is 15.0. The minimum Gasteiger partial charge on any atom is -0.331 e. The summed E-state index contributed by atoms with van der Waals surface area (Å²) in [4.78, 5) is 15.9. The molecule has 1 aliphatic carbocycles. The summed E-state index contributed by atoms with van der Waals surface area (Å²) in [5.74, 6) is 0.654. The molecule has 0 unspecified atom stereocenters. The maximum atomic E-state index is 12.7. The van der Waals surface area contributed by atoms with E-state index < -0.39 is 0 Å². The second-order valence-electron chi connectivity index (χ2n) is 6.79. The number of H-pyrrole nitrogens is 1. The van der Waals surface area contributed by atoms with Crippen molar-refractivity contribution in [2.75, 3.05) is 0 Å². The molecule has 1 fully saturated rings. The molecule has 1 saturated carbocycles. The molecule has 5 heteroatoms.